The van der Waals surface area contributed by atoms with Crippen molar-refractivity contribution in [2.24, 2.45) is 0 Å². The zero-order valence-electron chi connectivity index (χ0n) is 11.7. The number of hydrogen-bond donors (Lipinski definition) is 1. The average Bonchev–Trinajstić information content (AvgIpc) is 2.91. The van der Waals surface area contributed by atoms with Crippen LogP contribution in [0.25, 0.3) is 11.0 Å². The highest BCUT2D eigenvalue weighted by molar-refractivity contribution is 9.10. The third-order valence-electron chi connectivity index (χ3n) is 3.23. The molecule has 3 nitrogen and oxygen atoms in total. The Morgan fingerprint density at radius 3 is 2.58 bits per heavy atom. The summed E-state index contributed by atoms with van der Waals surface area (Å²) in [5.41, 5.74) is -0.552. The maximum atomic E-state index is 12.8. The minimum atomic E-state index is -4.61. The van der Waals surface area contributed by atoms with E-state index < -0.39 is 22.7 Å². The maximum Gasteiger partial charge on any atom is 0.417 e. The molecule has 0 spiro atoms. The van der Waals surface area contributed by atoms with Gasteiger partial charge in [0.05, 0.1) is 10.6 Å². The van der Waals surface area contributed by atoms with Gasteiger partial charge in [-0.15, -0.1) is 0 Å². The van der Waals surface area contributed by atoms with Crippen molar-refractivity contribution in [1.29, 1.82) is 0 Å². The van der Waals surface area contributed by atoms with Crippen LogP contribution in [0, 0.1) is 0 Å². The van der Waals surface area contributed by atoms with Crippen molar-refractivity contribution in [3.8, 4) is 0 Å². The van der Waals surface area contributed by atoms with Crippen LogP contribution >= 0.6 is 27.5 Å². The molecule has 124 valence electrons. The SMILES string of the molecule is O=C(Nc1ccc(Cl)c(C(F)(F)F)c1)c1cc2cc(Br)ccc2o1. The fourth-order valence-electron chi connectivity index (χ4n) is 2.14. The molecule has 0 atom stereocenters. The van der Waals surface area contributed by atoms with E-state index >= 15 is 0 Å². The van der Waals surface area contributed by atoms with Gasteiger partial charge in [0.25, 0.3) is 5.91 Å². The first-order valence-corrected chi connectivity index (χ1v) is 7.78. The molecular weight excluding hydrogens is 411 g/mol. The van der Waals surface area contributed by atoms with E-state index in [0.29, 0.717) is 11.0 Å². The third kappa shape index (κ3) is 3.42. The number of amides is 1. The zero-order chi connectivity index (χ0) is 17.5. The average molecular weight is 419 g/mol. The summed E-state index contributed by atoms with van der Waals surface area (Å²) in [4.78, 5) is 12.2. The quantitative estimate of drug-likeness (QED) is 0.545. The lowest BCUT2D eigenvalue weighted by Crippen LogP contribution is -2.12. The molecule has 24 heavy (non-hydrogen) atoms. The first kappa shape index (κ1) is 16.9. The van der Waals surface area contributed by atoms with Gasteiger partial charge in [-0.1, -0.05) is 27.5 Å². The second kappa shape index (κ2) is 6.14. The van der Waals surface area contributed by atoms with Gasteiger partial charge < -0.3 is 9.73 Å². The highest BCUT2D eigenvalue weighted by Crippen LogP contribution is 2.36. The molecule has 1 heterocycles. The Morgan fingerprint density at radius 2 is 1.88 bits per heavy atom. The van der Waals surface area contributed by atoms with Crippen LogP contribution in [-0.4, -0.2) is 5.91 Å². The van der Waals surface area contributed by atoms with Crippen LogP contribution in [0.4, 0.5) is 18.9 Å². The first-order chi connectivity index (χ1) is 11.2. The summed E-state index contributed by atoms with van der Waals surface area (Å²) >= 11 is 8.85. The summed E-state index contributed by atoms with van der Waals surface area (Å²) in [5, 5.41) is 2.63. The lowest BCUT2D eigenvalue weighted by molar-refractivity contribution is -0.137. The maximum absolute atomic E-state index is 12.8. The number of benzene rings is 2. The molecule has 0 saturated carbocycles. The molecule has 3 rings (SSSR count). The molecule has 0 aliphatic rings. The van der Waals surface area contributed by atoms with Gasteiger partial charge in [0.15, 0.2) is 5.76 Å². The molecular formula is C16H8BrClF3NO2. The Kier molecular flexibility index (Phi) is 4.31. The van der Waals surface area contributed by atoms with E-state index in [4.69, 9.17) is 16.0 Å². The normalized spacial score (nSPS) is 11.7. The Labute approximate surface area is 147 Å². The number of alkyl halides is 3. The van der Waals surface area contributed by atoms with Crippen LogP contribution in [0.2, 0.25) is 5.02 Å². The second-order valence-electron chi connectivity index (χ2n) is 4.94. The molecule has 2 aromatic carbocycles. The number of halogens is 5. The smallest absolute Gasteiger partial charge is 0.417 e. The molecule has 0 aliphatic heterocycles. The standard InChI is InChI=1S/C16H8BrClF3NO2/c17-9-1-4-13-8(5-9)6-14(24-13)15(23)22-10-2-3-12(18)11(7-10)16(19,20)21/h1-7H,(H,22,23). The minimum absolute atomic E-state index is 0.00777. The number of carbonyl (C=O) groups excluding carboxylic acids is 1. The van der Waals surface area contributed by atoms with Crippen LogP contribution in [0.3, 0.4) is 0 Å². The van der Waals surface area contributed by atoms with Crippen LogP contribution in [0.15, 0.2) is 51.4 Å². The first-order valence-electron chi connectivity index (χ1n) is 6.61. The van der Waals surface area contributed by atoms with Gasteiger partial charge in [-0.25, -0.2) is 0 Å². The van der Waals surface area contributed by atoms with E-state index in [9.17, 15) is 18.0 Å². The van der Waals surface area contributed by atoms with Gasteiger partial charge in [-0.05, 0) is 42.5 Å². The molecule has 3 aromatic rings. The van der Waals surface area contributed by atoms with Crippen molar-refractivity contribution in [2.75, 3.05) is 5.32 Å². The lowest BCUT2D eigenvalue weighted by Gasteiger charge is -2.11. The predicted octanol–water partition coefficient (Wildman–Crippen LogP) is 6.12. The van der Waals surface area contributed by atoms with Crippen molar-refractivity contribution in [3.05, 3.63) is 63.3 Å². The summed E-state index contributed by atoms with van der Waals surface area (Å²) in [7, 11) is 0. The summed E-state index contributed by atoms with van der Waals surface area (Å²) in [6, 6.07) is 9.85. The highest BCUT2D eigenvalue weighted by Gasteiger charge is 2.33. The zero-order valence-corrected chi connectivity index (χ0v) is 14.1. The molecule has 1 aromatic heterocycles. The number of rotatable bonds is 2. The number of furan rings is 1. The molecule has 0 radical (unpaired) electrons. The van der Waals surface area contributed by atoms with Crippen molar-refractivity contribution in [2.45, 2.75) is 6.18 Å². The number of nitrogens with one attached hydrogen (secondary N) is 1. The molecule has 0 saturated heterocycles. The summed E-state index contributed by atoms with van der Waals surface area (Å²) in [5.74, 6) is -0.663. The molecule has 0 fully saturated rings. The number of hydrogen-bond acceptors (Lipinski definition) is 2. The van der Waals surface area contributed by atoms with Crippen LogP contribution in [0.1, 0.15) is 16.1 Å². The molecule has 8 heteroatoms. The van der Waals surface area contributed by atoms with Gasteiger partial charge >= 0.3 is 6.18 Å². The van der Waals surface area contributed by atoms with Gasteiger partial charge in [0.1, 0.15) is 5.58 Å². The van der Waals surface area contributed by atoms with Gasteiger partial charge in [-0.3, -0.25) is 4.79 Å². The number of fused-ring (bicyclic) bond motifs is 1. The molecule has 0 unspecified atom stereocenters. The largest absolute Gasteiger partial charge is 0.451 e. The number of carbonyl (C=O) groups is 1. The van der Waals surface area contributed by atoms with Crippen LogP contribution in [0.5, 0.6) is 0 Å². The van der Waals surface area contributed by atoms with Crippen molar-refractivity contribution in [3.63, 3.8) is 0 Å². The van der Waals surface area contributed by atoms with E-state index in [1.165, 1.54) is 12.1 Å². The molecule has 1 amide bonds. The monoisotopic (exact) mass is 417 g/mol. The lowest BCUT2D eigenvalue weighted by atomic mass is 10.2. The Hall–Kier alpha value is -1.99. The summed E-state index contributed by atoms with van der Waals surface area (Å²) in [6.07, 6.45) is -4.61. The van der Waals surface area contributed by atoms with Crippen molar-refractivity contribution < 1.29 is 22.4 Å². The third-order valence-corrected chi connectivity index (χ3v) is 4.05. The topological polar surface area (TPSA) is 42.2 Å². The Morgan fingerprint density at radius 1 is 1.12 bits per heavy atom. The van der Waals surface area contributed by atoms with Crippen molar-refractivity contribution >= 4 is 50.1 Å². The van der Waals surface area contributed by atoms with E-state index in [0.717, 1.165) is 16.6 Å². The van der Waals surface area contributed by atoms with E-state index in [2.05, 4.69) is 21.2 Å². The van der Waals surface area contributed by atoms with Gasteiger partial charge in [0.2, 0.25) is 0 Å². The van der Waals surface area contributed by atoms with E-state index in [1.807, 2.05) is 0 Å². The van der Waals surface area contributed by atoms with E-state index in [1.54, 1.807) is 18.2 Å². The second-order valence-corrected chi connectivity index (χ2v) is 6.26. The van der Waals surface area contributed by atoms with Crippen LogP contribution in [-0.2, 0) is 6.18 Å². The Bertz CT molecular complexity index is 937. The molecule has 1 N–H and O–H groups in total. The van der Waals surface area contributed by atoms with Crippen molar-refractivity contribution in [1.82, 2.24) is 0 Å². The van der Waals surface area contributed by atoms with E-state index in [-0.39, 0.29) is 11.4 Å². The van der Waals surface area contributed by atoms with Gasteiger partial charge in [-0.2, -0.15) is 13.2 Å². The minimum Gasteiger partial charge on any atom is -0.451 e. The van der Waals surface area contributed by atoms with Gasteiger partial charge in [0, 0.05) is 15.5 Å². The predicted molar refractivity (Wildman–Crippen MR) is 88.3 cm³/mol. The van der Waals surface area contributed by atoms with Crippen LogP contribution < -0.4 is 5.32 Å². The fraction of sp³-hybridized carbons (Fsp3) is 0.0625. The molecule has 0 aliphatic carbocycles. The number of anilines is 1. The summed E-state index contributed by atoms with van der Waals surface area (Å²) in [6.45, 7) is 0. The highest BCUT2D eigenvalue weighted by atomic mass is 79.9. The molecule has 0 bridgehead atoms. The Balaban J connectivity index is 1.88. The summed E-state index contributed by atoms with van der Waals surface area (Å²) < 4.78 is 44.8. The fourth-order valence-corrected chi connectivity index (χ4v) is 2.74.